The molecular weight excluding hydrogens is 302 g/mol. The lowest BCUT2D eigenvalue weighted by molar-refractivity contribution is -0.384. The second-order valence-electron chi connectivity index (χ2n) is 4.65. The minimum atomic E-state index is -0.688. The first-order valence-corrected chi connectivity index (χ1v) is 6.60. The Morgan fingerprint density at radius 3 is 2.61 bits per heavy atom. The van der Waals surface area contributed by atoms with Gasteiger partial charge >= 0.3 is 11.7 Å². The predicted molar refractivity (Wildman–Crippen MR) is 83.2 cm³/mol. The third-order valence-corrected chi connectivity index (χ3v) is 3.14. The molecule has 0 atom stereocenters. The fourth-order valence-corrected chi connectivity index (χ4v) is 2.01. The molecule has 0 aliphatic rings. The lowest BCUT2D eigenvalue weighted by Crippen LogP contribution is -2.06. The Bertz CT molecular complexity index is 761. The van der Waals surface area contributed by atoms with E-state index in [1.807, 2.05) is 6.92 Å². The first-order valence-electron chi connectivity index (χ1n) is 6.60. The van der Waals surface area contributed by atoms with Crippen molar-refractivity contribution in [3.05, 3.63) is 51.7 Å². The zero-order valence-electron chi connectivity index (χ0n) is 12.8. The van der Waals surface area contributed by atoms with Crippen LogP contribution in [0.2, 0.25) is 0 Å². The van der Waals surface area contributed by atoms with Crippen LogP contribution in [0.3, 0.4) is 0 Å². The second-order valence-corrected chi connectivity index (χ2v) is 4.65. The first kappa shape index (κ1) is 16.2. The van der Waals surface area contributed by atoms with Crippen LogP contribution in [-0.2, 0) is 4.74 Å². The van der Waals surface area contributed by atoms with Crippen molar-refractivity contribution in [2.45, 2.75) is 6.92 Å². The molecule has 0 aliphatic carbocycles. The third kappa shape index (κ3) is 3.54. The summed E-state index contributed by atoms with van der Waals surface area (Å²) in [6.45, 7) is 1.85. The van der Waals surface area contributed by atoms with Gasteiger partial charge in [-0.3, -0.25) is 10.1 Å². The van der Waals surface area contributed by atoms with Gasteiger partial charge in [-0.05, 0) is 30.7 Å². The molecule has 120 valence electrons. The highest BCUT2D eigenvalue weighted by Crippen LogP contribution is 2.28. The van der Waals surface area contributed by atoms with Gasteiger partial charge in [-0.1, -0.05) is 0 Å². The second kappa shape index (κ2) is 6.73. The van der Waals surface area contributed by atoms with Gasteiger partial charge in [0.1, 0.15) is 5.75 Å². The smallest absolute Gasteiger partial charge is 0.339 e. The summed E-state index contributed by atoms with van der Waals surface area (Å²) in [5.41, 5.74) is 1.17. The maximum absolute atomic E-state index is 11.5. The minimum Gasteiger partial charge on any atom is -0.496 e. The van der Waals surface area contributed by atoms with Crippen LogP contribution in [0, 0.1) is 17.0 Å². The number of nitro groups is 1. The van der Waals surface area contributed by atoms with Crippen molar-refractivity contribution in [3.8, 4) is 5.75 Å². The van der Waals surface area contributed by atoms with Gasteiger partial charge in [0.25, 0.3) is 0 Å². The molecule has 2 aromatic rings. The summed E-state index contributed by atoms with van der Waals surface area (Å²) in [7, 11) is 2.76. The number of ether oxygens (including phenoxy) is 2. The number of nitrogens with zero attached hydrogens (tertiary/aromatic N) is 2. The maximum atomic E-state index is 11.5. The van der Waals surface area contributed by atoms with Crippen LogP contribution >= 0.6 is 0 Å². The molecule has 0 amide bonds. The molecule has 0 unspecified atom stereocenters. The van der Waals surface area contributed by atoms with E-state index in [4.69, 9.17) is 4.74 Å². The predicted octanol–water partition coefficient (Wildman–Crippen LogP) is 2.84. The summed E-state index contributed by atoms with van der Waals surface area (Å²) in [5, 5.41) is 14.1. The molecule has 2 rings (SSSR count). The standard InChI is InChI=1S/C15H15N3O5/c1-9-6-11(4-5-13(9)22-2)17-14-12(18(20)21)7-10(8-16-14)15(19)23-3/h4-8H,1-3H3,(H,16,17). The van der Waals surface area contributed by atoms with E-state index in [1.54, 1.807) is 25.3 Å². The number of nitrogens with one attached hydrogen (secondary N) is 1. The topological polar surface area (TPSA) is 104 Å². The minimum absolute atomic E-state index is 0.00987. The van der Waals surface area contributed by atoms with Gasteiger partial charge in [-0.2, -0.15) is 0 Å². The Balaban J connectivity index is 2.37. The van der Waals surface area contributed by atoms with Gasteiger partial charge in [0.15, 0.2) is 0 Å². The van der Waals surface area contributed by atoms with E-state index in [9.17, 15) is 14.9 Å². The molecule has 8 heteroatoms. The molecule has 1 heterocycles. The monoisotopic (exact) mass is 317 g/mol. The highest BCUT2D eigenvalue weighted by Gasteiger charge is 2.20. The van der Waals surface area contributed by atoms with Crippen LogP contribution in [0.1, 0.15) is 15.9 Å². The summed E-state index contributed by atoms with van der Waals surface area (Å²) in [6, 6.07) is 6.35. The van der Waals surface area contributed by atoms with Gasteiger partial charge in [-0.25, -0.2) is 9.78 Å². The average Bonchev–Trinajstić information content (AvgIpc) is 2.54. The van der Waals surface area contributed by atoms with E-state index >= 15 is 0 Å². The number of anilines is 2. The number of rotatable bonds is 5. The van der Waals surface area contributed by atoms with E-state index in [2.05, 4.69) is 15.0 Å². The van der Waals surface area contributed by atoms with Crippen molar-refractivity contribution in [2.24, 2.45) is 0 Å². The van der Waals surface area contributed by atoms with Crippen LogP contribution in [0.5, 0.6) is 5.75 Å². The number of carbonyl (C=O) groups is 1. The molecular formula is C15H15N3O5. The molecule has 0 spiro atoms. The molecule has 0 saturated heterocycles. The van der Waals surface area contributed by atoms with Gasteiger partial charge in [0.05, 0.1) is 24.7 Å². The zero-order chi connectivity index (χ0) is 17.0. The lowest BCUT2D eigenvalue weighted by atomic mass is 10.2. The maximum Gasteiger partial charge on any atom is 0.339 e. The van der Waals surface area contributed by atoms with Crippen LogP contribution in [0.25, 0.3) is 0 Å². The fraction of sp³-hybridized carbons (Fsp3) is 0.200. The number of hydrogen-bond donors (Lipinski definition) is 1. The molecule has 8 nitrogen and oxygen atoms in total. The molecule has 0 fully saturated rings. The van der Waals surface area contributed by atoms with Crippen molar-refractivity contribution < 1.29 is 19.2 Å². The molecule has 0 saturated carbocycles. The number of aromatic nitrogens is 1. The Morgan fingerprint density at radius 2 is 2.04 bits per heavy atom. The van der Waals surface area contributed by atoms with Crippen LogP contribution in [-0.4, -0.2) is 30.1 Å². The lowest BCUT2D eigenvalue weighted by Gasteiger charge is -2.10. The van der Waals surface area contributed by atoms with E-state index in [0.717, 1.165) is 11.6 Å². The number of pyridine rings is 1. The molecule has 0 bridgehead atoms. The number of carbonyl (C=O) groups excluding carboxylic acids is 1. The van der Waals surface area contributed by atoms with E-state index in [-0.39, 0.29) is 17.1 Å². The number of methoxy groups -OCH3 is 2. The SMILES string of the molecule is COC(=O)c1cnc(Nc2ccc(OC)c(C)c2)c([N+](=O)[O-])c1. The van der Waals surface area contributed by atoms with Crippen molar-refractivity contribution in [1.82, 2.24) is 4.98 Å². The normalized spacial score (nSPS) is 10.0. The summed E-state index contributed by atoms with van der Waals surface area (Å²) in [6.07, 6.45) is 1.22. The molecule has 1 aromatic heterocycles. The highest BCUT2D eigenvalue weighted by atomic mass is 16.6. The Labute approximate surface area is 132 Å². The Kier molecular flexibility index (Phi) is 4.75. The molecule has 1 N–H and O–H groups in total. The van der Waals surface area contributed by atoms with E-state index in [1.165, 1.54) is 13.3 Å². The molecule has 1 aromatic carbocycles. The van der Waals surface area contributed by atoms with E-state index in [0.29, 0.717) is 11.4 Å². The fourth-order valence-electron chi connectivity index (χ4n) is 2.01. The van der Waals surface area contributed by atoms with Gasteiger partial charge in [-0.15, -0.1) is 0 Å². The molecule has 0 aliphatic heterocycles. The van der Waals surface area contributed by atoms with Crippen LogP contribution < -0.4 is 10.1 Å². The number of hydrogen-bond acceptors (Lipinski definition) is 7. The first-order chi connectivity index (χ1) is 11.0. The Morgan fingerprint density at radius 1 is 1.30 bits per heavy atom. The zero-order valence-corrected chi connectivity index (χ0v) is 12.8. The molecule has 0 radical (unpaired) electrons. The molecule has 23 heavy (non-hydrogen) atoms. The summed E-state index contributed by atoms with van der Waals surface area (Å²) < 4.78 is 9.70. The van der Waals surface area contributed by atoms with Crippen molar-refractivity contribution in [2.75, 3.05) is 19.5 Å². The Hall–Kier alpha value is -3.16. The van der Waals surface area contributed by atoms with Gasteiger partial charge in [0.2, 0.25) is 5.82 Å². The summed E-state index contributed by atoms with van der Waals surface area (Å²) in [5.74, 6) is 0.0544. The quantitative estimate of drug-likeness (QED) is 0.513. The largest absolute Gasteiger partial charge is 0.496 e. The van der Waals surface area contributed by atoms with Crippen molar-refractivity contribution in [1.29, 1.82) is 0 Å². The number of aryl methyl sites for hydroxylation is 1. The number of esters is 1. The van der Waals surface area contributed by atoms with Gasteiger partial charge in [0, 0.05) is 18.0 Å². The number of benzene rings is 1. The van der Waals surface area contributed by atoms with Gasteiger partial charge < -0.3 is 14.8 Å². The van der Waals surface area contributed by atoms with Crippen molar-refractivity contribution >= 4 is 23.2 Å². The van der Waals surface area contributed by atoms with Crippen molar-refractivity contribution in [3.63, 3.8) is 0 Å². The van der Waals surface area contributed by atoms with Crippen LogP contribution in [0.4, 0.5) is 17.2 Å². The average molecular weight is 317 g/mol. The third-order valence-electron chi connectivity index (χ3n) is 3.14. The summed E-state index contributed by atoms with van der Waals surface area (Å²) >= 11 is 0. The summed E-state index contributed by atoms with van der Waals surface area (Å²) in [4.78, 5) is 26.0. The highest BCUT2D eigenvalue weighted by molar-refractivity contribution is 5.90. The van der Waals surface area contributed by atoms with E-state index < -0.39 is 10.9 Å². The van der Waals surface area contributed by atoms with Crippen LogP contribution in [0.15, 0.2) is 30.5 Å².